The second-order valence-corrected chi connectivity index (χ2v) is 2.53. The highest BCUT2D eigenvalue weighted by atomic mass is 16.6. The SMILES string of the molecule is CCO/C(O)=C\CC/C=C(/O)OCC. The molecule has 4 nitrogen and oxygen atoms in total. The topological polar surface area (TPSA) is 58.9 Å². The van der Waals surface area contributed by atoms with Crippen molar-refractivity contribution in [1.29, 1.82) is 0 Å². The Morgan fingerprint density at radius 3 is 1.57 bits per heavy atom. The number of hydrogen-bond acceptors (Lipinski definition) is 4. The number of rotatable bonds is 7. The quantitative estimate of drug-likeness (QED) is 0.492. The van der Waals surface area contributed by atoms with Crippen LogP contribution in [0.1, 0.15) is 26.7 Å². The lowest BCUT2D eigenvalue weighted by Crippen LogP contribution is -1.90. The van der Waals surface area contributed by atoms with Gasteiger partial charge in [-0.15, -0.1) is 0 Å². The molecular weight excluding hydrogens is 184 g/mol. The standard InChI is InChI=1S/C10H18O4/c1-3-13-9(11)7-5-6-8-10(12)14-4-2/h7-8,11-12H,3-6H2,1-2H3/b9-7-,10-8-. The molecule has 82 valence electrons. The van der Waals surface area contributed by atoms with Gasteiger partial charge in [0.05, 0.1) is 13.2 Å². The van der Waals surface area contributed by atoms with Crippen molar-refractivity contribution < 1.29 is 19.7 Å². The summed E-state index contributed by atoms with van der Waals surface area (Å²) in [7, 11) is 0. The summed E-state index contributed by atoms with van der Waals surface area (Å²) in [4.78, 5) is 0. The molecule has 0 spiro atoms. The van der Waals surface area contributed by atoms with Gasteiger partial charge >= 0.3 is 0 Å². The van der Waals surface area contributed by atoms with Crippen LogP contribution in [0.3, 0.4) is 0 Å². The van der Waals surface area contributed by atoms with Crippen LogP contribution in [0.25, 0.3) is 0 Å². The van der Waals surface area contributed by atoms with Crippen molar-refractivity contribution in [2.45, 2.75) is 26.7 Å². The number of aliphatic hydroxyl groups excluding tert-OH is 2. The summed E-state index contributed by atoms with van der Waals surface area (Å²) in [5, 5.41) is 18.1. The lowest BCUT2D eigenvalue weighted by atomic mass is 10.3. The zero-order valence-corrected chi connectivity index (χ0v) is 8.69. The lowest BCUT2D eigenvalue weighted by molar-refractivity contribution is 0.0987. The van der Waals surface area contributed by atoms with E-state index in [0.717, 1.165) is 0 Å². The summed E-state index contributed by atoms with van der Waals surface area (Å²) in [6.45, 7) is 4.49. The Kier molecular flexibility index (Phi) is 7.50. The molecule has 0 unspecified atom stereocenters. The number of hydrogen-bond donors (Lipinski definition) is 2. The third kappa shape index (κ3) is 7.34. The van der Waals surface area contributed by atoms with Crippen molar-refractivity contribution in [3.8, 4) is 0 Å². The molecule has 0 aromatic rings. The van der Waals surface area contributed by atoms with Crippen molar-refractivity contribution in [1.82, 2.24) is 0 Å². The first-order valence-corrected chi connectivity index (χ1v) is 4.74. The summed E-state index contributed by atoms with van der Waals surface area (Å²) in [6, 6.07) is 0. The fraction of sp³-hybridized carbons (Fsp3) is 0.600. The second-order valence-electron chi connectivity index (χ2n) is 2.53. The number of allylic oxidation sites excluding steroid dienone is 2. The van der Waals surface area contributed by atoms with E-state index in [1.165, 1.54) is 0 Å². The van der Waals surface area contributed by atoms with Crippen molar-refractivity contribution >= 4 is 0 Å². The molecule has 0 aromatic carbocycles. The average Bonchev–Trinajstić information content (AvgIpc) is 2.13. The smallest absolute Gasteiger partial charge is 0.272 e. The molecule has 0 aliphatic carbocycles. The largest absolute Gasteiger partial charge is 0.481 e. The molecule has 0 heterocycles. The first-order chi connectivity index (χ1) is 6.70. The third-order valence-corrected chi connectivity index (χ3v) is 1.39. The number of ether oxygens (including phenoxy) is 2. The molecule has 0 aromatic heterocycles. The molecule has 0 saturated carbocycles. The van der Waals surface area contributed by atoms with Crippen molar-refractivity contribution in [2.75, 3.05) is 13.2 Å². The zero-order valence-electron chi connectivity index (χ0n) is 8.69. The average molecular weight is 202 g/mol. The Morgan fingerprint density at radius 2 is 1.29 bits per heavy atom. The second kappa shape index (κ2) is 8.29. The Labute approximate surface area is 84.5 Å². The lowest BCUT2D eigenvalue weighted by Gasteiger charge is -2.00. The monoisotopic (exact) mass is 202 g/mol. The summed E-state index contributed by atoms with van der Waals surface area (Å²) < 4.78 is 9.60. The van der Waals surface area contributed by atoms with E-state index in [9.17, 15) is 0 Å². The minimum atomic E-state index is -0.0724. The molecule has 0 saturated heterocycles. The molecule has 14 heavy (non-hydrogen) atoms. The molecular formula is C10H18O4. The van der Waals surface area contributed by atoms with Crippen LogP contribution in [0.2, 0.25) is 0 Å². The van der Waals surface area contributed by atoms with E-state index in [1.54, 1.807) is 26.0 Å². The van der Waals surface area contributed by atoms with Crippen LogP contribution in [0, 0.1) is 0 Å². The van der Waals surface area contributed by atoms with E-state index in [4.69, 9.17) is 19.7 Å². The molecule has 0 aliphatic heterocycles. The highest BCUT2D eigenvalue weighted by Crippen LogP contribution is 2.01. The highest BCUT2D eigenvalue weighted by Gasteiger charge is 1.92. The van der Waals surface area contributed by atoms with Crippen LogP contribution in [-0.2, 0) is 9.47 Å². The maximum absolute atomic E-state index is 9.04. The van der Waals surface area contributed by atoms with E-state index >= 15 is 0 Å². The van der Waals surface area contributed by atoms with Crippen LogP contribution in [0.4, 0.5) is 0 Å². The summed E-state index contributed by atoms with van der Waals surface area (Å²) >= 11 is 0. The van der Waals surface area contributed by atoms with Crippen LogP contribution in [-0.4, -0.2) is 23.4 Å². The maximum Gasteiger partial charge on any atom is 0.272 e. The van der Waals surface area contributed by atoms with Crippen LogP contribution >= 0.6 is 0 Å². The van der Waals surface area contributed by atoms with Crippen LogP contribution in [0.15, 0.2) is 24.0 Å². The van der Waals surface area contributed by atoms with Gasteiger partial charge in [0.15, 0.2) is 0 Å². The Hall–Kier alpha value is -1.32. The molecule has 0 aliphatic rings. The Bertz CT molecular complexity index is 174. The summed E-state index contributed by atoms with van der Waals surface area (Å²) in [6.07, 6.45) is 4.31. The number of unbranched alkanes of at least 4 members (excludes halogenated alkanes) is 1. The fourth-order valence-corrected chi connectivity index (χ4v) is 0.827. The van der Waals surface area contributed by atoms with Gasteiger partial charge in [0.1, 0.15) is 0 Å². The number of aliphatic hydroxyl groups is 2. The molecule has 2 N–H and O–H groups in total. The summed E-state index contributed by atoms with van der Waals surface area (Å²) in [5.41, 5.74) is 0. The molecule has 0 rings (SSSR count). The van der Waals surface area contributed by atoms with Gasteiger partial charge in [0.2, 0.25) is 0 Å². The van der Waals surface area contributed by atoms with Crippen molar-refractivity contribution in [2.24, 2.45) is 0 Å². The fourth-order valence-electron chi connectivity index (χ4n) is 0.827. The van der Waals surface area contributed by atoms with Gasteiger partial charge in [-0.05, 0) is 38.8 Å². The van der Waals surface area contributed by atoms with Crippen molar-refractivity contribution in [3.63, 3.8) is 0 Å². The predicted octanol–water partition coefficient (Wildman–Crippen LogP) is 2.64. The van der Waals surface area contributed by atoms with Gasteiger partial charge in [-0.25, -0.2) is 0 Å². The van der Waals surface area contributed by atoms with E-state index < -0.39 is 0 Å². The minimum Gasteiger partial charge on any atom is -0.481 e. The molecule has 4 heteroatoms. The highest BCUT2D eigenvalue weighted by molar-refractivity contribution is 4.88. The van der Waals surface area contributed by atoms with Gasteiger partial charge in [0, 0.05) is 0 Å². The molecule has 0 bridgehead atoms. The van der Waals surface area contributed by atoms with E-state index in [1.807, 2.05) is 0 Å². The zero-order chi connectivity index (χ0) is 10.8. The van der Waals surface area contributed by atoms with Crippen LogP contribution in [0.5, 0.6) is 0 Å². The predicted molar refractivity (Wildman–Crippen MR) is 53.9 cm³/mol. The first-order valence-electron chi connectivity index (χ1n) is 4.74. The van der Waals surface area contributed by atoms with E-state index in [-0.39, 0.29) is 11.9 Å². The van der Waals surface area contributed by atoms with Gasteiger partial charge in [0.25, 0.3) is 11.9 Å². The van der Waals surface area contributed by atoms with Crippen LogP contribution < -0.4 is 0 Å². The summed E-state index contributed by atoms with van der Waals surface area (Å²) in [5.74, 6) is -0.145. The molecule has 0 radical (unpaired) electrons. The maximum atomic E-state index is 9.04. The molecule has 0 fully saturated rings. The molecule has 0 atom stereocenters. The van der Waals surface area contributed by atoms with E-state index in [0.29, 0.717) is 26.1 Å². The normalized spacial score (nSPS) is 12.7. The van der Waals surface area contributed by atoms with E-state index in [2.05, 4.69) is 0 Å². The minimum absolute atomic E-state index is 0.0724. The van der Waals surface area contributed by atoms with Gasteiger partial charge in [-0.1, -0.05) is 0 Å². The van der Waals surface area contributed by atoms with Crippen molar-refractivity contribution in [3.05, 3.63) is 24.0 Å². The third-order valence-electron chi connectivity index (χ3n) is 1.39. The molecule has 0 amide bonds. The Balaban J connectivity index is 3.63. The van der Waals surface area contributed by atoms with Gasteiger partial charge in [-0.3, -0.25) is 0 Å². The Morgan fingerprint density at radius 1 is 0.929 bits per heavy atom. The van der Waals surface area contributed by atoms with Gasteiger partial charge < -0.3 is 19.7 Å². The first kappa shape index (κ1) is 12.7. The van der Waals surface area contributed by atoms with Gasteiger partial charge in [-0.2, -0.15) is 0 Å².